The van der Waals surface area contributed by atoms with Crippen LogP contribution in [0.25, 0.3) is 22.3 Å². The topological polar surface area (TPSA) is 64.0 Å². The molecule has 0 fully saturated rings. The van der Waals surface area contributed by atoms with E-state index in [4.69, 9.17) is 14.7 Å². The number of anilines is 1. The van der Waals surface area contributed by atoms with Crippen molar-refractivity contribution in [1.82, 2.24) is 19.9 Å². The summed E-state index contributed by atoms with van der Waals surface area (Å²) in [5, 5.41) is 1.01. The summed E-state index contributed by atoms with van der Waals surface area (Å²) in [6.45, 7) is 1.23. The second kappa shape index (κ2) is 7.78. The highest BCUT2D eigenvalue weighted by atomic mass is 16.5. The number of rotatable bonds is 6. The van der Waals surface area contributed by atoms with Crippen molar-refractivity contribution in [3.8, 4) is 17.1 Å². The fourth-order valence-electron chi connectivity index (χ4n) is 2.82. The third kappa shape index (κ3) is 3.84. The zero-order valence-electron chi connectivity index (χ0n) is 15.0. The first-order chi connectivity index (χ1) is 13.3. The minimum absolute atomic E-state index is 0.543. The molecule has 0 unspecified atom stereocenters. The minimum Gasteiger partial charge on any atom is -0.492 e. The lowest BCUT2D eigenvalue weighted by molar-refractivity contribution is 0.325. The van der Waals surface area contributed by atoms with Gasteiger partial charge in [0.25, 0.3) is 0 Å². The van der Waals surface area contributed by atoms with Gasteiger partial charge in [0.15, 0.2) is 5.82 Å². The first kappa shape index (κ1) is 16.9. The summed E-state index contributed by atoms with van der Waals surface area (Å²) in [7, 11) is 2.01. The lowest BCUT2D eigenvalue weighted by Crippen LogP contribution is -2.25. The Morgan fingerprint density at radius 2 is 1.74 bits per heavy atom. The number of pyridine rings is 2. The Labute approximate surface area is 157 Å². The smallest absolute Gasteiger partial charge is 0.163 e. The molecule has 4 aromatic rings. The van der Waals surface area contributed by atoms with E-state index >= 15 is 0 Å². The summed E-state index contributed by atoms with van der Waals surface area (Å²) >= 11 is 0. The number of likely N-dealkylation sites (N-methyl/N-ethyl adjacent to an activating group) is 1. The summed E-state index contributed by atoms with van der Waals surface area (Å²) in [6, 6.07) is 15.6. The first-order valence-electron chi connectivity index (χ1n) is 8.72. The van der Waals surface area contributed by atoms with Crippen molar-refractivity contribution in [2.45, 2.75) is 0 Å². The normalized spacial score (nSPS) is 10.7. The molecule has 1 aromatic carbocycles. The van der Waals surface area contributed by atoms with Crippen LogP contribution in [-0.4, -0.2) is 40.1 Å². The van der Waals surface area contributed by atoms with Crippen LogP contribution in [-0.2, 0) is 0 Å². The maximum atomic E-state index is 5.79. The Morgan fingerprint density at radius 3 is 2.56 bits per heavy atom. The Morgan fingerprint density at radius 1 is 0.889 bits per heavy atom. The fraction of sp³-hybridized carbons (Fsp3) is 0.143. The van der Waals surface area contributed by atoms with Gasteiger partial charge in [0.2, 0.25) is 0 Å². The van der Waals surface area contributed by atoms with E-state index < -0.39 is 0 Å². The molecular formula is C21H19N5O. The molecule has 0 N–H and O–H groups in total. The molecule has 0 aliphatic carbocycles. The predicted molar refractivity (Wildman–Crippen MR) is 106 cm³/mol. The molecule has 134 valence electrons. The Bertz CT molecular complexity index is 1020. The van der Waals surface area contributed by atoms with Crippen molar-refractivity contribution in [3.05, 3.63) is 73.3 Å². The molecule has 6 heteroatoms. The largest absolute Gasteiger partial charge is 0.492 e. The van der Waals surface area contributed by atoms with Crippen LogP contribution in [0, 0.1) is 0 Å². The molecule has 6 nitrogen and oxygen atoms in total. The SMILES string of the molecule is CN(CCOc1ccncc1)c1nc(-c2cccnc2)nc2ccccc12. The van der Waals surface area contributed by atoms with Crippen LogP contribution in [0.1, 0.15) is 0 Å². The van der Waals surface area contributed by atoms with Gasteiger partial charge in [-0.3, -0.25) is 9.97 Å². The van der Waals surface area contributed by atoms with Crippen LogP contribution in [0.2, 0.25) is 0 Å². The third-order valence-corrected chi connectivity index (χ3v) is 4.21. The van der Waals surface area contributed by atoms with Crippen LogP contribution in [0.15, 0.2) is 73.3 Å². The molecular weight excluding hydrogens is 338 g/mol. The number of para-hydroxylation sites is 1. The van der Waals surface area contributed by atoms with Crippen LogP contribution >= 0.6 is 0 Å². The molecule has 0 bridgehead atoms. The quantitative estimate of drug-likeness (QED) is 0.525. The average molecular weight is 357 g/mol. The zero-order chi connectivity index (χ0) is 18.5. The number of hydrogen-bond donors (Lipinski definition) is 0. The van der Waals surface area contributed by atoms with E-state index in [0.717, 1.165) is 28.0 Å². The van der Waals surface area contributed by atoms with Crippen molar-refractivity contribution >= 4 is 16.7 Å². The Kier molecular flexibility index (Phi) is 4.87. The third-order valence-electron chi connectivity index (χ3n) is 4.21. The van der Waals surface area contributed by atoms with Crippen molar-refractivity contribution in [2.75, 3.05) is 25.1 Å². The standard InChI is InChI=1S/C21H19N5O/c1-26(13-14-27-17-8-11-22-12-9-17)21-18-6-2-3-7-19(18)24-20(25-21)16-5-4-10-23-15-16/h2-12,15H,13-14H2,1H3. The van der Waals surface area contributed by atoms with Gasteiger partial charge in [0, 0.05) is 42.8 Å². The van der Waals surface area contributed by atoms with E-state index in [1.54, 1.807) is 24.8 Å². The van der Waals surface area contributed by atoms with Crippen LogP contribution in [0.5, 0.6) is 5.75 Å². The van der Waals surface area contributed by atoms with E-state index in [2.05, 4.69) is 14.9 Å². The average Bonchev–Trinajstić information content (AvgIpc) is 2.74. The van der Waals surface area contributed by atoms with Gasteiger partial charge in [-0.05, 0) is 36.4 Å². The van der Waals surface area contributed by atoms with E-state index in [0.29, 0.717) is 19.0 Å². The summed E-state index contributed by atoms with van der Waals surface area (Å²) < 4.78 is 5.79. The van der Waals surface area contributed by atoms with E-state index in [1.807, 2.05) is 55.6 Å². The molecule has 3 heterocycles. The van der Waals surface area contributed by atoms with Crippen LogP contribution in [0.3, 0.4) is 0 Å². The van der Waals surface area contributed by atoms with Gasteiger partial charge in [-0.25, -0.2) is 9.97 Å². The minimum atomic E-state index is 0.543. The number of fused-ring (bicyclic) bond motifs is 1. The van der Waals surface area contributed by atoms with Crippen molar-refractivity contribution in [2.24, 2.45) is 0 Å². The monoisotopic (exact) mass is 357 g/mol. The fourth-order valence-corrected chi connectivity index (χ4v) is 2.82. The van der Waals surface area contributed by atoms with Gasteiger partial charge in [-0.1, -0.05) is 12.1 Å². The second-order valence-corrected chi connectivity index (χ2v) is 6.08. The van der Waals surface area contributed by atoms with Crippen LogP contribution < -0.4 is 9.64 Å². The highest BCUT2D eigenvalue weighted by molar-refractivity contribution is 5.90. The molecule has 27 heavy (non-hydrogen) atoms. The molecule has 0 saturated heterocycles. The van der Waals surface area contributed by atoms with Crippen molar-refractivity contribution in [1.29, 1.82) is 0 Å². The molecule has 0 spiro atoms. The first-order valence-corrected chi connectivity index (χ1v) is 8.72. The van der Waals surface area contributed by atoms with E-state index in [9.17, 15) is 0 Å². The molecule has 0 radical (unpaired) electrons. The van der Waals surface area contributed by atoms with Crippen molar-refractivity contribution in [3.63, 3.8) is 0 Å². The van der Waals surface area contributed by atoms with E-state index in [1.165, 1.54) is 0 Å². The summed E-state index contributed by atoms with van der Waals surface area (Å²) in [6.07, 6.45) is 6.96. The number of ether oxygens (including phenoxy) is 1. The molecule has 4 rings (SSSR count). The number of nitrogens with zero attached hydrogens (tertiary/aromatic N) is 5. The number of hydrogen-bond acceptors (Lipinski definition) is 6. The van der Waals surface area contributed by atoms with Gasteiger partial charge < -0.3 is 9.64 Å². The predicted octanol–water partition coefficient (Wildman–Crippen LogP) is 3.60. The maximum Gasteiger partial charge on any atom is 0.163 e. The highest BCUT2D eigenvalue weighted by Crippen LogP contribution is 2.26. The highest BCUT2D eigenvalue weighted by Gasteiger charge is 2.13. The second-order valence-electron chi connectivity index (χ2n) is 6.08. The lowest BCUT2D eigenvalue weighted by Gasteiger charge is -2.20. The zero-order valence-corrected chi connectivity index (χ0v) is 15.0. The van der Waals surface area contributed by atoms with Crippen LogP contribution in [0.4, 0.5) is 5.82 Å². The molecule has 0 atom stereocenters. The van der Waals surface area contributed by atoms with Crippen molar-refractivity contribution < 1.29 is 4.74 Å². The van der Waals surface area contributed by atoms with Gasteiger partial charge in [0.1, 0.15) is 18.2 Å². The van der Waals surface area contributed by atoms with Gasteiger partial charge in [-0.15, -0.1) is 0 Å². The van der Waals surface area contributed by atoms with Gasteiger partial charge >= 0.3 is 0 Å². The van der Waals surface area contributed by atoms with Gasteiger partial charge in [-0.2, -0.15) is 0 Å². The van der Waals surface area contributed by atoms with Gasteiger partial charge in [0.05, 0.1) is 12.1 Å². The molecule has 0 aliphatic heterocycles. The summed E-state index contributed by atoms with van der Waals surface area (Å²) in [4.78, 5) is 19.8. The molecule has 0 aliphatic rings. The lowest BCUT2D eigenvalue weighted by atomic mass is 10.2. The maximum absolute atomic E-state index is 5.79. The van der Waals surface area contributed by atoms with E-state index in [-0.39, 0.29) is 0 Å². The number of aromatic nitrogens is 4. The molecule has 0 saturated carbocycles. The summed E-state index contributed by atoms with van der Waals surface area (Å²) in [5.74, 6) is 2.35. The molecule has 3 aromatic heterocycles. The number of benzene rings is 1. The Hall–Kier alpha value is -3.54. The molecule has 0 amide bonds. The Balaban J connectivity index is 1.61. The summed E-state index contributed by atoms with van der Waals surface area (Å²) in [5.41, 5.74) is 1.80.